The maximum atomic E-state index is 11.2. The Bertz CT molecular complexity index is 562. The van der Waals surface area contributed by atoms with E-state index in [-0.39, 0.29) is 0 Å². The van der Waals surface area contributed by atoms with Crippen LogP contribution in [0.5, 0.6) is 0 Å². The normalized spacial score (nSPS) is 11.0. The molecule has 0 bridgehead atoms. The van der Waals surface area contributed by atoms with Gasteiger partial charge in [0.25, 0.3) is 5.01 Å². The van der Waals surface area contributed by atoms with Gasteiger partial charge in [0.2, 0.25) is 5.52 Å². The van der Waals surface area contributed by atoms with Gasteiger partial charge in [-0.2, -0.15) is 4.57 Å². The number of carboxylic acids is 1. The number of carbonyl (C=O) groups is 1. The van der Waals surface area contributed by atoms with Gasteiger partial charge in [-0.1, -0.05) is 49.7 Å². The molecule has 0 radical (unpaired) electrons. The number of nitrogens with zero attached hydrogens (tertiary/aromatic N) is 1. The van der Waals surface area contributed by atoms with Crippen molar-refractivity contribution in [2.75, 3.05) is 0 Å². The lowest BCUT2D eigenvalue weighted by molar-refractivity contribution is -0.671. The van der Waals surface area contributed by atoms with Crippen molar-refractivity contribution in [3.63, 3.8) is 0 Å². The molecule has 0 aliphatic heterocycles. The predicted molar refractivity (Wildman–Crippen MR) is 75.1 cm³/mol. The second-order valence-corrected chi connectivity index (χ2v) is 5.76. The Balaban J connectivity index is 2.15. The summed E-state index contributed by atoms with van der Waals surface area (Å²) in [5, 5.41) is 11.5. The number of carboxylic acid groups (broad SMARTS) is 1. The summed E-state index contributed by atoms with van der Waals surface area (Å²) < 4.78 is 2.90. The molecule has 0 atom stereocenters. The Morgan fingerprint density at radius 2 is 1.95 bits per heavy atom. The second-order valence-electron chi connectivity index (χ2n) is 4.73. The number of unbranched alkanes of at least 4 members (excludes halogenated alkanes) is 4. The summed E-state index contributed by atoms with van der Waals surface area (Å²) in [7, 11) is 0. The number of carbonyl (C=O) groups excluding carboxylic acids is 1. The van der Waals surface area contributed by atoms with Crippen LogP contribution in [0.2, 0.25) is 0 Å². The lowest BCUT2D eigenvalue weighted by atomic mass is 10.1. The molecule has 0 saturated carbocycles. The summed E-state index contributed by atoms with van der Waals surface area (Å²) in [5.41, 5.74) is 1.00. The number of aromatic nitrogens is 1. The first-order valence-electron chi connectivity index (χ1n) is 6.86. The van der Waals surface area contributed by atoms with Gasteiger partial charge in [-0.25, -0.2) is 0 Å². The third kappa shape index (κ3) is 3.32. The van der Waals surface area contributed by atoms with Gasteiger partial charge < -0.3 is 9.90 Å². The fraction of sp³-hybridized carbons (Fsp3) is 0.467. The monoisotopic (exact) mass is 277 g/mol. The Morgan fingerprint density at radius 1 is 1.21 bits per heavy atom. The minimum absolute atomic E-state index is 0.330. The van der Waals surface area contributed by atoms with Crippen molar-refractivity contribution in [3.05, 3.63) is 29.3 Å². The van der Waals surface area contributed by atoms with Gasteiger partial charge in [0, 0.05) is 12.5 Å². The zero-order valence-electron chi connectivity index (χ0n) is 11.2. The van der Waals surface area contributed by atoms with Crippen molar-refractivity contribution < 1.29 is 14.5 Å². The number of thiazole rings is 1. The van der Waals surface area contributed by atoms with E-state index in [0.29, 0.717) is 5.01 Å². The summed E-state index contributed by atoms with van der Waals surface area (Å²) in [6.07, 6.45) is 5.87. The third-order valence-corrected chi connectivity index (χ3v) is 4.41. The lowest BCUT2D eigenvalue weighted by Gasteiger charge is -2.00. The quantitative estimate of drug-likeness (QED) is 0.576. The average Bonchev–Trinajstić information content (AvgIpc) is 2.78. The molecule has 0 fully saturated rings. The number of hydrogen-bond donors (Lipinski definition) is 0. The average molecular weight is 277 g/mol. The van der Waals surface area contributed by atoms with Crippen molar-refractivity contribution in [1.29, 1.82) is 0 Å². The molecular weight excluding hydrogens is 258 g/mol. The number of aryl methyl sites for hydroxylation is 1. The molecule has 1 heterocycles. The van der Waals surface area contributed by atoms with Crippen LogP contribution in [0.1, 0.15) is 48.8 Å². The SMILES string of the molecule is CCCCCCC[n+]1c(C(=O)[O-])sc2ccccc21. The summed E-state index contributed by atoms with van der Waals surface area (Å²) in [5.74, 6) is -1.07. The number of hydrogen-bond acceptors (Lipinski definition) is 3. The first-order valence-corrected chi connectivity index (χ1v) is 7.68. The Morgan fingerprint density at radius 3 is 2.68 bits per heavy atom. The number of para-hydroxylation sites is 1. The van der Waals surface area contributed by atoms with Crippen LogP contribution < -0.4 is 9.67 Å². The van der Waals surface area contributed by atoms with Crippen LogP contribution in [-0.4, -0.2) is 5.97 Å². The van der Waals surface area contributed by atoms with Crippen LogP contribution in [0.25, 0.3) is 10.2 Å². The maximum absolute atomic E-state index is 11.2. The van der Waals surface area contributed by atoms with Gasteiger partial charge in [0.15, 0.2) is 12.5 Å². The molecule has 102 valence electrons. The van der Waals surface area contributed by atoms with E-state index in [1.165, 1.54) is 30.6 Å². The molecule has 2 aromatic rings. The van der Waals surface area contributed by atoms with Gasteiger partial charge in [-0.3, -0.25) is 0 Å². The molecule has 0 spiro atoms. The van der Waals surface area contributed by atoms with Crippen LogP contribution in [0, 0.1) is 0 Å². The minimum atomic E-state index is -1.07. The van der Waals surface area contributed by atoms with Crippen molar-refractivity contribution in [2.45, 2.75) is 45.6 Å². The highest BCUT2D eigenvalue weighted by Crippen LogP contribution is 2.20. The molecule has 1 aromatic heterocycles. The molecule has 0 aliphatic carbocycles. The van der Waals surface area contributed by atoms with Crippen molar-refractivity contribution >= 4 is 27.5 Å². The fourth-order valence-electron chi connectivity index (χ4n) is 2.28. The molecule has 2 rings (SSSR count). The number of aromatic carboxylic acids is 1. The van der Waals surface area contributed by atoms with E-state index in [9.17, 15) is 9.90 Å². The molecular formula is C15H19NO2S. The largest absolute Gasteiger partial charge is 0.539 e. The Kier molecular flexibility index (Phi) is 4.91. The molecule has 0 N–H and O–H groups in total. The molecule has 19 heavy (non-hydrogen) atoms. The standard InChI is InChI=1S/C15H19NO2S/c1-2-3-4-5-8-11-16-12-9-6-7-10-13(12)19-14(16)15(17)18/h6-7,9-10H,2-5,8,11H2,1H3. The Labute approximate surface area is 117 Å². The van der Waals surface area contributed by atoms with Gasteiger partial charge in [-0.05, 0) is 12.5 Å². The van der Waals surface area contributed by atoms with E-state index in [2.05, 4.69) is 6.92 Å². The van der Waals surface area contributed by atoms with Gasteiger partial charge >= 0.3 is 0 Å². The van der Waals surface area contributed by atoms with E-state index >= 15 is 0 Å². The van der Waals surface area contributed by atoms with E-state index in [1.54, 1.807) is 0 Å². The first kappa shape index (κ1) is 14.0. The van der Waals surface area contributed by atoms with Gasteiger partial charge in [0.05, 0.1) is 0 Å². The topological polar surface area (TPSA) is 44.0 Å². The highest BCUT2D eigenvalue weighted by Gasteiger charge is 2.20. The minimum Gasteiger partial charge on any atom is -0.539 e. The molecule has 0 amide bonds. The number of benzene rings is 1. The highest BCUT2D eigenvalue weighted by atomic mass is 32.1. The van der Waals surface area contributed by atoms with E-state index in [0.717, 1.165) is 29.6 Å². The molecule has 4 heteroatoms. The number of fused-ring (bicyclic) bond motifs is 1. The maximum Gasteiger partial charge on any atom is 0.285 e. The fourth-order valence-corrected chi connectivity index (χ4v) is 3.30. The zero-order valence-corrected chi connectivity index (χ0v) is 12.0. The Hall–Kier alpha value is -1.42. The third-order valence-electron chi connectivity index (χ3n) is 3.27. The molecule has 0 saturated heterocycles. The summed E-state index contributed by atoms with van der Waals surface area (Å²) in [4.78, 5) is 11.2. The summed E-state index contributed by atoms with van der Waals surface area (Å²) >= 11 is 1.30. The molecule has 0 aliphatic rings. The van der Waals surface area contributed by atoms with Crippen LogP contribution in [0.4, 0.5) is 0 Å². The lowest BCUT2D eigenvalue weighted by Crippen LogP contribution is -2.42. The van der Waals surface area contributed by atoms with E-state index < -0.39 is 5.97 Å². The summed E-state index contributed by atoms with van der Waals surface area (Å²) in [6.45, 7) is 2.95. The van der Waals surface area contributed by atoms with Crippen LogP contribution in [-0.2, 0) is 6.54 Å². The first-order chi connectivity index (χ1) is 9.24. The van der Waals surface area contributed by atoms with Crippen molar-refractivity contribution in [1.82, 2.24) is 0 Å². The van der Waals surface area contributed by atoms with Gasteiger partial charge in [0.1, 0.15) is 4.70 Å². The van der Waals surface area contributed by atoms with Gasteiger partial charge in [-0.15, -0.1) is 0 Å². The summed E-state index contributed by atoms with van der Waals surface area (Å²) in [6, 6.07) is 7.81. The van der Waals surface area contributed by atoms with Crippen molar-refractivity contribution in [3.8, 4) is 0 Å². The van der Waals surface area contributed by atoms with Crippen LogP contribution in [0.3, 0.4) is 0 Å². The smallest absolute Gasteiger partial charge is 0.285 e. The second kappa shape index (κ2) is 6.66. The molecule has 0 unspecified atom stereocenters. The van der Waals surface area contributed by atoms with Crippen molar-refractivity contribution in [2.24, 2.45) is 0 Å². The molecule has 1 aromatic carbocycles. The highest BCUT2D eigenvalue weighted by molar-refractivity contribution is 7.19. The molecule has 3 nitrogen and oxygen atoms in total. The van der Waals surface area contributed by atoms with E-state index in [4.69, 9.17) is 0 Å². The van der Waals surface area contributed by atoms with E-state index in [1.807, 2.05) is 28.8 Å². The van der Waals surface area contributed by atoms with Crippen LogP contribution >= 0.6 is 11.3 Å². The van der Waals surface area contributed by atoms with Crippen LogP contribution in [0.15, 0.2) is 24.3 Å². The zero-order chi connectivity index (χ0) is 13.7. The number of rotatable bonds is 7. The predicted octanol–water partition coefficient (Wildman–Crippen LogP) is 2.52.